The maximum Gasteiger partial charge on any atom is 0.0601 e. The monoisotopic (exact) mass is 301 g/mol. The maximum absolute atomic E-state index is 3.72. The SMILES string of the molecule is CCCNC(c1cscc1C)c1cccc2ccsc12. The van der Waals surface area contributed by atoms with Crippen molar-refractivity contribution in [3.8, 4) is 0 Å². The van der Waals surface area contributed by atoms with E-state index in [0.717, 1.165) is 13.0 Å². The van der Waals surface area contributed by atoms with Gasteiger partial charge in [-0.3, -0.25) is 0 Å². The van der Waals surface area contributed by atoms with Crippen molar-refractivity contribution in [2.24, 2.45) is 0 Å². The molecule has 104 valence electrons. The molecule has 1 unspecified atom stereocenters. The molecule has 0 radical (unpaired) electrons. The summed E-state index contributed by atoms with van der Waals surface area (Å²) in [6, 6.07) is 9.16. The normalized spacial score (nSPS) is 12.9. The lowest BCUT2D eigenvalue weighted by molar-refractivity contribution is 0.601. The average molecular weight is 301 g/mol. The molecule has 2 aromatic heterocycles. The van der Waals surface area contributed by atoms with E-state index in [-0.39, 0.29) is 0 Å². The van der Waals surface area contributed by atoms with Crippen molar-refractivity contribution in [1.82, 2.24) is 5.32 Å². The molecule has 2 heterocycles. The van der Waals surface area contributed by atoms with Crippen molar-refractivity contribution in [1.29, 1.82) is 0 Å². The second kappa shape index (κ2) is 6.08. The van der Waals surface area contributed by atoms with Crippen molar-refractivity contribution in [2.45, 2.75) is 26.3 Å². The molecule has 0 aliphatic rings. The zero-order chi connectivity index (χ0) is 13.9. The van der Waals surface area contributed by atoms with Crippen molar-refractivity contribution >= 4 is 32.8 Å². The van der Waals surface area contributed by atoms with E-state index in [4.69, 9.17) is 0 Å². The van der Waals surface area contributed by atoms with Gasteiger partial charge < -0.3 is 5.32 Å². The molecule has 0 fully saturated rings. The molecular formula is C17H19NS2. The van der Waals surface area contributed by atoms with Crippen LogP contribution in [0.1, 0.15) is 36.1 Å². The van der Waals surface area contributed by atoms with Gasteiger partial charge in [0.15, 0.2) is 0 Å². The number of thiophene rings is 2. The third-order valence-corrected chi connectivity index (χ3v) is 5.48. The van der Waals surface area contributed by atoms with Crippen LogP contribution in [0, 0.1) is 6.92 Å². The number of fused-ring (bicyclic) bond motifs is 1. The second-order valence-electron chi connectivity index (χ2n) is 5.08. The first-order valence-corrected chi connectivity index (χ1v) is 8.85. The van der Waals surface area contributed by atoms with Gasteiger partial charge in [0.05, 0.1) is 6.04 Å². The van der Waals surface area contributed by atoms with Crippen LogP contribution in [0.25, 0.3) is 10.1 Å². The molecule has 0 saturated heterocycles. The molecule has 1 aromatic carbocycles. The zero-order valence-electron chi connectivity index (χ0n) is 11.8. The first-order valence-electron chi connectivity index (χ1n) is 7.03. The summed E-state index contributed by atoms with van der Waals surface area (Å²) in [6.45, 7) is 5.47. The van der Waals surface area contributed by atoms with Gasteiger partial charge in [0, 0.05) is 4.70 Å². The summed E-state index contributed by atoms with van der Waals surface area (Å²) >= 11 is 3.64. The fraction of sp³-hybridized carbons (Fsp3) is 0.294. The molecule has 1 atom stereocenters. The fourth-order valence-corrected chi connectivity index (χ4v) is 4.41. The smallest absolute Gasteiger partial charge is 0.0601 e. The highest BCUT2D eigenvalue weighted by atomic mass is 32.1. The van der Waals surface area contributed by atoms with Crippen molar-refractivity contribution in [2.75, 3.05) is 6.54 Å². The number of rotatable bonds is 5. The van der Waals surface area contributed by atoms with Gasteiger partial charge in [-0.1, -0.05) is 25.1 Å². The zero-order valence-corrected chi connectivity index (χ0v) is 13.5. The van der Waals surface area contributed by atoms with Gasteiger partial charge in [-0.2, -0.15) is 11.3 Å². The summed E-state index contributed by atoms with van der Waals surface area (Å²) in [7, 11) is 0. The minimum atomic E-state index is 0.309. The standard InChI is InChI=1S/C17H19NS2/c1-3-8-18-16(15-11-19-10-12(15)2)14-6-4-5-13-7-9-20-17(13)14/h4-7,9-11,16,18H,3,8H2,1-2H3. The molecule has 0 bridgehead atoms. The lowest BCUT2D eigenvalue weighted by atomic mass is 9.97. The van der Waals surface area contributed by atoms with Crippen LogP contribution in [0.3, 0.4) is 0 Å². The molecule has 1 nitrogen and oxygen atoms in total. The molecule has 3 heteroatoms. The topological polar surface area (TPSA) is 12.0 Å². The highest BCUT2D eigenvalue weighted by molar-refractivity contribution is 7.17. The minimum Gasteiger partial charge on any atom is -0.306 e. The molecule has 20 heavy (non-hydrogen) atoms. The van der Waals surface area contributed by atoms with Crippen LogP contribution in [-0.2, 0) is 0 Å². The van der Waals surface area contributed by atoms with Gasteiger partial charge in [-0.25, -0.2) is 0 Å². The van der Waals surface area contributed by atoms with E-state index in [2.05, 4.69) is 59.6 Å². The van der Waals surface area contributed by atoms with Crippen LogP contribution in [0.15, 0.2) is 40.4 Å². The van der Waals surface area contributed by atoms with Gasteiger partial charge >= 0.3 is 0 Å². The molecule has 0 aliphatic carbocycles. The Morgan fingerprint density at radius 2 is 2.05 bits per heavy atom. The van der Waals surface area contributed by atoms with Crippen LogP contribution in [-0.4, -0.2) is 6.54 Å². The predicted octanol–water partition coefficient (Wildman–Crippen LogP) is 5.36. The molecule has 3 aromatic rings. The Kier molecular flexibility index (Phi) is 4.20. The quantitative estimate of drug-likeness (QED) is 0.669. The minimum absolute atomic E-state index is 0.309. The largest absolute Gasteiger partial charge is 0.306 e. The van der Waals surface area contributed by atoms with E-state index in [9.17, 15) is 0 Å². The van der Waals surface area contributed by atoms with Gasteiger partial charge in [-0.05, 0) is 64.2 Å². The maximum atomic E-state index is 3.72. The average Bonchev–Trinajstić information content (AvgIpc) is 3.09. The summed E-state index contributed by atoms with van der Waals surface area (Å²) in [5.41, 5.74) is 4.22. The highest BCUT2D eigenvalue weighted by Gasteiger charge is 2.18. The Labute approximate surface area is 128 Å². The molecule has 0 aliphatic heterocycles. The van der Waals surface area contributed by atoms with E-state index in [1.165, 1.54) is 26.8 Å². The van der Waals surface area contributed by atoms with E-state index in [0.29, 0.717) is 6.04 Å². The van der Waals surface area contributed by atoms with Gasteiger partial charge in [0.1, 0.15) is 0 Å². The van der Waals surface area contributed by atoms with Crippen molar-refractivity contribution in [3.05, 3.63) is 57.1 Å². The lowest BCUT2D eigenvalue weighted by Crippen LogP contribution is -2.23. The van der Waals surface area contributed by atoms with E-state index < -0.39 is 0 Å². The molecule has 3 rings (SSSR count). The van der Waals surface area contributed by atoms with Crippen LogP contribution < -0.4 is 5.32 Å². The Bertz CT molecular complexity index is 696. The number of hydrogen-bond donors (Lipinski definition) is 1. The Morgan fingerprint density at radius 1 is 1.15 bits per heavy atom. The van der Waals surface area contributed by atoms with E-state index in [1.54, 1.807) is 11.3 Å². The molecule has 0 spiro atoms. The molecule has 1 N–H and O–H groups in total. The molecule has 0 saturated carbocycles. The van der Waals surface area contributed by atoms with Crippen LogP contribution in [0.5, 0.6) is 0 Å². The summed E-state index contributed by atoms with van der Waals surface area (Å²) < 4.78 is 1.41. The Morgan fingerprint density at radius 3 is 2.80 bits per heavy atom. The Balaban J connectivity index is 2.09. The number of aryl methyl sites for hydroxylation is 1. The summed E-state index contributed by atoms with van der Waals surface area (Å²) in [6.07, 6.45) is 1.15. The van der Waals surface area contributed by atoms with Crippen LogP contribution in [0.2, 0.25) is 0 Å². The molecule has 0 amide bonds. The second-order valence-corrected chi connectivity index (χ2v) is 6.74. The summed E-state index contributed by atoms with van der Waals surface area (Å²) in [4.78, 5) is 0. The summed E-state index contributed by atoms with van der Waals surface area (Å²) in [5, 5.41) is 11.8. The first-order chi connectivity index (χ1) is 9.81. The first kappa shape index (κ1) is 13.8. The number of nitrogens with one attached hydrogen (secondary N) is 1. The van der Waals surface area contributed by atoms with Crippen molar-refractivity contribution in [3.63, 3.8) is 0 Å². The van der Waals surface area contributed by atoms with E-state index in [1.807, 2.05) is 11.3 Å². The number of hydrogen-bond acceptors (Lipinski definition) is 3. The van der Waals surface area contributed by atoms with Crippen LogP contribution in [0.4, 0.5) is 0 Å². The Hall–Kier alpha value is -1.16. The van der Waals surface area contributed by atoms with Crippen LogP contribution >= 0.6 is 22.7 Å². The highest BCUT2D eigenvalue weighted by Crippen LogP contribution is 2.34. The predicted molar refractivity (Wildman–Crippen MR) is 91.0 cm³/mol. The lowest BCUT2D eigenvalue weighted by Gasteiger charge is -2.20. The van der Waals surface area contributed by atoms with Gasteiger partial charge in [0.2, 0.25) is 0 Å². The third-order valence-electron chi connectivity index (χ3n) is 3.63. The van der Waals surface area contributed by atoms with Gasteiger partial charge in [0.25, 0.3) is 0 Å². The third kappa shape index (κ3) is 2.53. The molecular weight excluding hydrogens is 282 g/mol. The summed E-state index contributed by atoms with van der Waals surface area (Å²) in [5.74, 6) is 0. The van der Waals surface area contributed by atoms with Gasteiger partial charge in [-0.15, -0.1) is 11.3 Å². The van der Waals surface area contributed by atoms with Crippen molar-refractivity contribution < 1.29 is 0 Å². The number of benzene rings is 1. The fourth-order valence-electron chi connectivity index (χ4n) is 2.59. The van der Waals surface area contributed by atoms with E-state index >= 15 is 0 Å².